The molecule has 0 bridgehead atoms. The van der Waals surface area contributed by atoms with Gasteiger partial charge < -0.3 is 20.1 Å². The fraction of sp³-hybridized carbons (Fsp3) is 0.158. The Morgan fingerprint density at radius 1 is 1.22 bits per heavy atom. The summed E-state index contributed by atoms with van der Waals surface area (Å²) in [6.45, 7) is 0. The molecular formula is C19H16N2O2. The van der Waals surface area contributed by atoms with Crippen LogP contribution in [0.3, 0.4) is 0 Å². The smallest absolute Gasteiger partial charge is 0.128 e. The van der Waals surface area contributed by atoms with Crippen LogP contribution >= 0.6 is 0 Å². The van der Waals surface area contributed by atoms with Gasteiger partial charge in [-0.1, -0.05) is 12.1 Å². The molecule has 4 heteroatoms. The third-order valence-electron chi connectivity index (χ3n) is 5.08. The first-order valence-electron chi connectivity index (χ1n) is 7.73. The van der Waals surface area contributed by atoms with Gasteiger partial charge in [-0.15, -0.1) is 0 Å². The Labute approximate surface area is 132 Å². The number of nitrogens with one attached hydrogen (secondary N) is 1. The van der Waals surface area contributed by atoms with Gasteiger partial charge in [0.2, 0.25) is 0 Å². The number of phenolic OH excluding ortho intramolecular Hbond substituents is 2. The molecule has 1 aliphatic carbocycles. The first-order chi connectivity index (χ1) is 11.1. The highest BCUT2D eigenvalue weighted by atomic mass is 16.3. The van der Waals surface area contributed by atoms with E-state index in [2.05, 4.69) is 28.2 Å². The minimum absolute atomic E-state index is 0.0949. The number of benzene rings is 2. The lowest BCUT2D eigenvalue weighted by Gasteiger charge is -2.35. The highest BCUT2D eigenvalue weighted by Crippen LogP contribution is 2.37. The molecular weight excluding hydrogens is 288 g/mol. The van der Waals surface area contributed by atoms with Gasteiger partial charge >= 0.3 is 0 Å². The van der Waals surface area contributed by atoms with Gasteiger partial charge in [0.25, 0.3) is 0 Å². The maximum Gasteiger partial charge on any atom is 0.128 e. The van der Waals surface area contributed by atoms with Gasteiger partial charge in [0.05, 0.1) is 6.04 Å². The zero-order valence-corrected chi connectivity index (χ0v) is 12.7. The molecule has 2 aromatic carbocycles. The van der Waals surface area contributed by atoms with E-state index in [0.717, 1.165) is 22.4 Å². The number of aromatic nitrogens is 1. The number of fused-ring (bicyclic) bond motifs is 3. The Kier molecular flexibility index (Phi) is 2.25. The topological polar surface area (TPSA) is 59.5 Å². The number of hydrogen-bond acceptors (Lipinski definition) is 3. The summed E-state index contributed by atoms with van der Waals surface area (Å²) in [7, 11) is 2.04. The van der Waals surface area contributed by atoms with Crippen molar-refractivity contribution in [1.82, 2.24) is 9.88 Å². The Bertz CT molecular complexity index is 1090. The molecule has 0 spiro atoms. The normalized spacial score (nSPS) is 18.6. The summed E-state index contributed by atoms with van der Waals surface area (Å²) in [5, 5.41) is 23.2. The van der Waals surface area contributed by atoms with E-state index in [1.165, 1.54) is 28.2 Å². The molecule has 1 aliphatic heterocycles. The largest absolute Gasteiger partial charge is 0.508 e. The highest BCUT2D eigenvalue weighted by molar-refractivity contribution is 5.98. The van der Waals surface area contributed by atoms with Crippen molar-refractivity contribution in [3.8, 4) is 11.5 Å². The quantitative estimate of drug-likeness (QED) is 0.588. The summed E-state index contributed by atoms with van der Waals surface area (Å²) in [5.41, 5.74) is 4.80. The van der Waals surface area contributed by atoms with E-state index in [-0.39, 0.29) is 17.5 Å². The predicted molar refractivity (Wildman–Crippen MR) is 89.6 cm³/mol. The zero-order chi connectivity index (χ0) is 15.7. The van der Waals surface area contributed by atoms with Gasteiger partial charge in [-0.2, -0.15) is 0 Å². The van der Waals surface area contributed by atoms with Gasteiger partial charge in [0.1, 0.15) is 11.5 Å². The van der Waals surface area contributed by atoms with E-state index in [9.17, 15) is 10.2 Å². The minimum atomic E-state index is 0.0949. The number of phenols is 2. The Morgan fingerprint density at radius 3 is 2.96 bits per heavy atom. The van der Waals surface area contributed by atoms with Crippen molar-refractivity contribution in [2.75, 3.05) is 7.05 Å². The molecule has 0 radical (unpaired) electrons. The van der Waals surface area contributed by atoms with Crippen molar-refractivity contribution >= 4 is 22.7 Å². The molecule has 114 valence electrons. The van der Waals surface area contributed by atoms with E-state index in [4.69, 9.17) is 0 Å². The number of rotatable bonds is 0. The van der Waals surface area contributed by atoms with Gasteiger partial charge in [-0.25, -0.2) is 0 Å². The summed E-state index contributed by atoms with van der Waals surface area (Å²) in [6, 6.07) is 9.63. The van der Waals surface area contributed by atoms with Crippen LogP contribution in [0.1, 0.15) is 11.1 Å². The standard InChI is InChI=1S/C19H16N2O2/c1-21-9-14-13(6-11(22)7-17(14)23)19-12-3-2-4-15-18(12)10(8-20-15)5-16(19)21/h2-4,6-9,16,20,22-23H,5H2,1H3. The molecule has 1 atom stereocenters. The van der Waals surface area contributed by atoms with Crippen molar-refractivity contribution in [3.05, 3.63) is 58.1 Å². The number of H-pyrrole nitrogens is 1. The molecule has 0 saturated heterocycles. The van der Waals surface area contributed by atoms with Crippen molar-refractivity contribution in [2.24, 2.45) is 0 Å². The third-order valence-corrected chi connectivity index (χ3v) is 5.08. The van der Waals surface area contributed by atoms with Crippen molar-refractivity contribution in [1.29, 1.82) is 0 Å². The van der Waals surface area contributed by atoms with Crippen LogP contribution in [0.4, 0.5) is 0 Å². The maximum absolute atomic E-state index is 10.3. The Balaban J connectivity index is 2.02. The molecule has 0 amide bonds. The van der Waals surface area contributed by atoms with Gasteiger partial charge in [0.15, 0.2) is 0 Å². The molecule has 1 aromatic heterocycles. The monoisotopic (exact) mass is 304 g/mol. The van der Waals surface area contributed by atoms with Crippen molar-refractivity contribution < 1.29 is 10.2 Å². The average Bonchev–Trinajstić information content (AvgIpc) is 2.94. The van der Waals surface area contributed by atoms with E-state index < -0.39 is 0 Å². The second kappa shape index (κ2) is 4.10. The van der Waals surface area contributed by atoms with Crippen LogP contribution in [0.2, 0.25) is 0 Å². The minimum Gasteiger partial charge on any atom is -0.508 e. The van der Waals surface area contributed by atoms with Crippen LogP contribution in [0, 0.1) is 0 Å². The molecule has 4 nitrogen and oxygen atoms in total. The molecule has 0 fully saturated rings. The van der Waals surface area contributed by atoms with E-state index in [1.54, 1.807) is 6.07 Å². The van der Waals surface area contributed by atoms with Crippen LogP contribution in [0.25, 0.3) is 22.7 Å². The summed E-state index contributed by atoms with van der Waals surface area (Å²) in [6.07, 6.45) is 4.97. The van der Waals surface area contributed by atoms with Crippen LogP contribution in [-0.2, 0) is 6.42 Å². The molecule has 1 unspecified atom stereocenters. The lowest BCUT2D eigenvalue weighted by molar-refractivity contribution is 0.410. The summed E-state index contributed by atoms with van der Waals surface area (Å²) >= 11 is 0. The third kappa shape index (κ3) is 1.55. The van der Waals surface area contributed by atoms with Gasteiger partial charge in [-0.05, 0) is 40.5 Å². The van der Waals surface area contributed by atoms with Gasteiger partial charge in [0, 0.05) is 41.6 Å². The lowest BCUT2D eigenvalue weighted by Crippen LogP contribution is -2.45. The van der Waals surface area contributed by atoms with Crippen LogP contribution in [0.5, 0.6) is 11.5 Å². The Morgan fingerprint density at radius 2 is 2.09 bits per heavy atom. The van der Waals surface area contributed by atoms with Crippen LogP contribution in [0.15, 0.2) is 36.5 Å². The highest BCUT2D eigenvalue weighted by Gasteiger charge is 2.31. The molecule has 2 aliphatic rings. The van der Waals surface area contributed by atoms with Crippen LogP contribution < -0.4 is 10.4 Å². The van der Waals surface area contributed by atoms with Gasteiger partial charge in [-0.3, -0.25) is 0 Å². The van der Waals surface area contributed by atoms with Crippen molar-refractivity contribution in [2.45, 2.75) is 12.5 Å². The summed E-state index contributed by atoms with van der Waals surface area (Å²) < 4.78 is 0. The fourth-order valence-corrected chi connectivity index (χ4v) is 4.08. The lowest BCUT2D eigenvalue weighted by atomic mass is 9.81. The number of aromatic amines is 1. The predicted octanol–water partition coefficient (Wildman–Crippen LogP) is 1.39. The average molecular weight is 304 g/mol. The second-order valence-electron chi connectivity index (χ2n) is 6.40. The van der Waals surface area contributed by atoms with E-state index >= 15 is 0 Å². The molecule has 3 N–H and O–H groups in total. The molecule has 0 saturated carbocycles. The molecule has 2 heterocycles. The molecule has 3 aromatic rings. The summed E-state index contributed by atoms with van der Waals surface area (Å²) in [5.74, 6) is 0.210. The zero-order valence-electron chi connectivity index (χ0n) is 12.7. The first kappa shape index (κ1) is 12.6. The van der Waals surface area contributed by atoms with E-state index in [0.29, 0.717) is 0 Å². The SMILES string of the molecule is CN1C=c2c(O)cc(O)cc2=C2c3cccc4[nH]cc(c34)CC21. The molecule has 5 rings (SSSR count). The number of aromatic hydroxyl groups is 2. The second-order valence-corrected chi connectivity index (χ2v) is 6.40. The number of likely N-dealkylation sites (N-methyl/N-ethyl adjacent to an activating group) is 1. The Hall–Kier alpha value is -2.88. The maximum atomic E-state index is 10.3. The molecule has 23 heavy (non-hydrogen) atoms. The number of hydrogen-bond donors (Lipinski definition) is 3. The fourth-order valence-electron chi connectivity index (χ4n) is 4.08. The van der Waals surface area contributed by atoms with E-state index in [1.807, 2.05) is 19.3 Å². The number of nitrogens with zero attached hydrogens (tertiary/aromatic N) is 1. The van der Waals surface area contributed by atoms with Crippen LogP contribution in [-0.4, -0.2) is 33.2 Å². The first-order valence-corrected chi connectivity index (χ1v) is 7.73. The van der Waals surface area contributed by atoms with Crippen molar-refractivity contribution in [3.63, 3.8) is 0 Å². The summed E-state index contributed by atoms with van der Waals surface area (Å²) in [4.78, 5) is 5.51.